The van der Waals surface area contributed by atoms with Crippen LogP contribution >= 0.6 is 11.8 Å². The Kier molecular flexibility index (Phi) is 5.00. The van der Waals surface area contributed by atoms with Gasteiger partial charge in [-0.05, 0) is 48.0 Å². The number of fused-ring (bicyclic) bond motifs is 1. The number of sulfonamides is 1. The maximum Gasteiger partial charge on any atom is 0.290 e. The number of amides is 2. The van der Waals surface area contributed by atoms with Gasteiger partial charge in [0.25, 0.3) is 11.1 Å². The zero-order valence-electron chi connectivity index (χ0n) is 16.3. The first-order valence-electron chi connectivity index (χ1n) is 8.83. The maximum absolute atomic E-state index is 12.4. The Morgan fingerprint density at radius 3 is 2.53 bits per heavy atom. The number of thioether (sulfide) groups is 1. The van der Waals surface area contributed by atoms with Crippen LogP contribution in [0.3, 0.4) is 0 Å². The van der Waals surface area contributed by atoms with Crippen molar-refractivity contribution < 1.29 is 22.4 Å². The zero-order valence-corrected chi connectivity index (χ0v) is 17.9. The fourth-order valence-corrected chi connectivity index (χ4v) is 4.75. The minimum Gasteiger partial charge on any atom is -0.456 e. The number of furan rings is 1. The lowest BCUT2D eigenvalue weighted by Crippen LogP contribution is -2.22. The molecule has 0 unspecified atom stereocenters. The molecule has 3 aromatic rings. The van der Waals surface area contributed by atoms with Gasteiger partial charge in [-0.3, -0.25) is 19.9 Å². The van der Waals surface area contributed by atoms with Gasteiger partial charge >= 0.3 is 0 Å². The van der Waals surface area contributed by atoms with Crippen molar-refractivity contribution in [2.45, 2.75) is 11.8 Å². The number of imide groups is 1. The van der Waals surface area contributed by atoms with Crippen LogP contribution in [0.15, 0.2) is 50.9 Å². The van der Waals surface area contributed by atoms with Gasteiger partial charge in [-0.25, -0.2) is 12.7 Å². The number of hydrogen-bond acceptors (Lipinski definition) is 7. The highest BCUT2D eigenvalue weighted by molar-refractivity contribution is 8.18. The van der Waals surface area contributed by atoms with Crippen molar-refractivity contribution in [3.8, 4) is 11.1 Å². The van der Waals surface area contributed by atoms with Crippen molar-refractivity contribution in [1.82, 2.24) is 14.6 Å². The number of nitrogens with zero attached hydrogens (tertiary/aromatic N) is 2. The molecule has 2 aromatic heterocycles. The third-order valence-corrected chi connectivity index (χ3v) is 7.25. The molecule has 1 aliphatic heterocycles. The van der Waals surface area contributed by atoms with Crippen molar-refractivity contribution >= 4 is 50.0 Å². The molecule has 3 heterocycles. The number of nitrogens with one attached hydrogen (secondary N) is 1. The molecule has 154 valence electrons. The van der Waals surface area contributed by atoms with Crippen LogP contribution in [0, 0.1) is 6.92 Å². The highest BCUT2D eigenvalue weighted by Gasteiger charge is 2.26. The van der Waals surface area contributed by atoms with Crippen LogP contribution in [0.1, 0.15) is 11.3 Å². The largest absolute Gasteiger partial charge is 0.456 e. The van der Waals surface area contributed by atoms with E-state index in [1.54, 1.807) is 36.7 Å². The second-order valence-corrected chi connectivity index (χ2v) is 10.0. The molecule has 0 aliphatic carbocycles. The molecule has 0 radical (unpaired) electrons. The first kappa shape index (κ1) is 20.3. The third-order valence-electron chi connectivity index (χ3n) is 4.62. The van der Waals surface area contributed by atoms with Gasteiger partial charge in [0.1, 0.15) is 11.3 Å². The monoisotopic (exact) mass is 443 g/mol. The first-order valence-corrected chi connectivity index (χ1v) is 11.1. The van der Waals surface area contributed by atoms with Crippen LogP contribution in [0.2, 0.25) is 0 Å². The summed E-state index contributed by atoms with van der Waals surface area (Å²) in [6.07, 6.45) is 4.79. The smallest absolute Gasteiger partial charge is 0.290 e. The SMILES string of the molecule is Cc1cc(S(=O)(=O)N(C)C)ccc1-c1cncc2cc(/C=C3\SC(=O)NC3=O)oc12. The Balaban J connectivity index is 1.79. The lowest BCUT2D eigenvalue weighted by molar-refractivity contribution is -0.115. The Morgan fingerprint density at radius 2 is 1.90 bits per heavy atom. The standard InChI is InChI=1S/C20H17N3O5S2/c1-11-6-14(30(26,27)23(2)3)4-5-15(11)16-10-21-9-12-7-13(28-18(12)16)8-17-19(24)22-20(25)29-17/h4-10H,1-3H3,(H,22,24,25)/b17-8-. The second kappa shape index (κ2) is 7.38. The van der Waals surface area contributed by atoms with Gasteiger partial charge in [0.2, 0.25) is 10.0 Å². The number of hydrogen-bond donors (Lipinski definition) is 1. The second-order valence-electron chi connectivity index (χ2n) is 6.87. The van der Waals surface area contributed by atoms with Gasteiger partial charge in [0.05, 0.1) is 9.80 Å². The Hall–Kier alpha value is -2.95. The van der Waals surface area contributed by atoms with Crippen LogP contribution < -0.4 is 5.32 Å². The number of carbonyl (C=O) groups excluding carboxylic acids is 2. The number of pyridine rings is 1. The van der Waals surface area contributed by atoms with Gasteiger partial charge in [-0.2, -0.15) is 0 Å². The summed E-state index contributed by atoms with van der Waals surface area (Å²) >= 11 is 0.813. The normalized spacial score (nSPS) is 16.1. The van der Waals surface area contributed by atoms with Crippen LogP contribution in [0.25, 0.3) is 28.2 Å². The van der Waals surface area contributed by atoms with E-state index in [-0.39, 0.29) is 9.80 Å². The molecular weight excluding hydrogens is 426 g/mol. The van der Waals surface area contributed by atoms with Crippen molar-refractivity contribution in [2.75, 3.05) is 14.1 Å². The lowest BCUT2D eigenvalue weighted by atomic mass is 10.0. The van der Waals surface area contributed by atoms with E-state index >= 15 is 0 Å². The molecule has 0 bridgehead atoms. The van der Waals surface area contributed by atoms with E-state index in [0.717, 1.165) is 32.6 Å². The van der Waals surface area contributed by atoms with E-state index < -0.39 is 21.2 Å². The van der Waals surface area contributed by atoms with E-state index in [9.17, 15) is 18.0 Å². The number of carbonyl (C=O) groups is 2. The summed E-state index contributed by atoms with van der Waals surface area (Å²) in [7, 11) is -0.572. The van der Waals surface area contributed by atoms with E-state index in [0.29, 0.717) is 16.9 Å². The molecule has 0 atom stereocenters. The molecular formula is C20H17N3O5S2. The molecule has 1 fully saturated rings. The molecule has 10 heteroatoms. The highest BCUT2D eigenvalue weighted by atomic mass is 32.2. The number of rotatable bonds is 4. The predicted octanol–water partition coefficient (Wildman–Crippen LogP) is 3.38. The first-order chi connectivity index (χ1) is 14.2. The Bertz CT molecular complexity index is 1340. The molecule has 1 N–H and O–H groups in total. The molecule has 1 saturated heterocycles. The summed E-state index contributed by atoms with van der Waals surface area (Å²) in [5, 5.41) is 2.50. The average Bonchev–Trinajstić information content (AvgIpc) is 3.23. The van der Waals surface area contributed by atoms with E-state index in [1.165, 1.54) is 20.2 Å². The lowest BCUT2D eigenvalue weighted by Gasteiger charge is -2.13. The molecule has 8 nitrogen and oxygen atoms in total. The van der Waals surface area contributed by atoms with Gasteiger partial charge in [0.15, 0.2) is 0 Å². The quantitative estimate of drug-likeness (QED) is 0.616. The van der Waals surface area contributed by atoms with Crippen molar-refractivity contribution in [3.05, 3.63) is 52.9 Å². The molecule has 30 heavy (non-hydrogen) atoms. The summed E-state index contributed by atoms with van der Waals surface area (Å²) in [5.74, 6) is -0.0478. The molecule has 1 aliphatic rings. The van der Waals surface area contributed by atoms with Crippen molar-refractivity contribution in [3.63, 3.8) is 0 Å². The van der Waals surface area contributed by atoms with Gasteiger partial charge in [0, 0.05) is 43.5 Å². The highest BCUT2D eigenvalue weighted by Crippen LogP contribution is 2.34. The molecule has 0 spiro atoms. The Labute approximate surface area is 177 Å². The van der Waals surface area contributed by atoms with Gasteiger partial charge < -0.3 is 4.42 Å². The molecule has 2 amide bonds. The van der Waals surface area contributed by atoms with Crippen LogP contribution in [-0.4, -0.2) is 42.9 Å². The molecule has 1 aromatic carbocycles. The maximum atomic E-state index is 12.4. The van der Waals surface area contributed by atoms with Crippen molar-refractivity contribution in [1.29, 1.82) is 0 Å². The molecule has 0 saturated carbocycles. The zero-order chi connectivity index (χ0) is 21.6. The van der Waals surface area contributed by atoms with E-state index in [2.05, 4.69) is 10.3 Å². The summed E-state index contributed by atoms with van der Waals surface area (Å²) in [5.41, 5.74) is 2.78. The number of aryl methyl sites for hydroxylation is 1. The number of aromatic nitrogens is 1. The minimum absolute atomic E-state index is 0.202. The summed E-state index contributed by atoms with van der Waals surface area (Å²) in [6, 6.07) is 6.62. The van der Waals surface area contributed by atoms with Gasteiger partial charge in [-0.1, -0.05) is 6.07 Å². The van der Waals surface area contributed by atoms with Crippen molar-refractivity contribution in [2.24, 2.45) is 0 Å². The Morgan fingerprint density at radius 1 is 1.13 bits per heavy atom. The summed E-state index contributed by atoms with van der Waals surface area (Å²) in [6.45, 7) is 1.82. The van der Waals surface area contributed by atoms with E-state index in [1.807, 2.05) is 6.92 Å². The minimum atomic E-state index is -3.54. The van der Waals surface area contributed by atoms with Crippen LogP contribution in [0.4, 0.5) is 4.79 Å². The predicted molar refractivity (Wildman–Crippen MR) is 114 cm³/mol. The van der Waals surface area contributed by atoms with E-state index in [4.69, 9.17) is 4.42 Å². The third kappa shape index (κ3) is 3.53. The van der Waals surface area contributed by atoms with Crippen LogP contribution in [0.5, 0.6) is 0 Å². The summed E-state index contributed by atoms with van der Waals surface area (Å²) < 4.78 is 31.9. The van der Waals surface area contributed by atoms with Crippen LogP contribution in [-0.2, 0) is 14.8 Å². The fourth-order valence-electron chi connectivity index (χ4n) is 3.11. The topological polar surface area (TPSA) is 110 Å². The number of benzene rings is 1. The average molecular weight is 444 g/mol. The fraction of sp³-hybridized carbons (Fsp3) is 0.150. The van der Waals surface area contributed by atoms with Gasteiger partial charge in [-0.15, -0.1) is 0 Å². The molecule has 4 rings (SSSR count). The summed E-state index contributed by atoms with van der Waals surface area (Å²) in [4.78, 5) is 27.8.